The molecule has 0 heterocycles. The summed E-state index contributed by atoms with van der Waals surface area (Å²) in [6.07, 6.45) is 11.6. The van der Waals surface area contributed by atoms with E-state index in [-0.39, 0.29) is 0 Å². The number of hydrogen-bond acceptors (Lipinski definition) is 1. The Bertz CT molecular complexity index is 671. The van der Waals surface area contributed by atoms with E-state index in [2.05, 4.69) is 56.3 Å². The van der Waals surface area contributed by atoms with Crippen molar-refractivity contribution in [2.75, 3.05) is 6.61 Å². The van der Waals surface area contributed by atoms with Crippen LogP contribution in [0.25, 0.3) is 11.1 Å². The van der Waals surface area contributed by atoms with Gasteiger partial charge in [0.05, 0.1) is 6.61 Å². The first-order valence-corrected chi connectivity index (χ1v) is 10.6. The highest BCUT2D eigenvalue weighted by Crippen LogP contribution is 2.32. The van der Waals surface area contributed by atoms with Crippen molar-refractivity contribution in [3.63, 3.8) is 0 Å². The minimum absolute atomic E-state index is 0.830. The summed E-state index contributed by atoms with van der Waals surface area (Å²) < 4.78 is 5.87. The van der Waals surface area contributed by atoms with Gasteiger partial charge in [-0.15, -0.1) is 0 Å². The van der Waals surface area contributed by atoms with Crippen molar-refractivity contribution >= 4 is 0 Å². The highest BCUT2D eigenvalue weighted by Gasteiger charge is 2.18. The average Bonchev–Trinajstić information content (AvgIpc) is 2.68. The number of rotatable bonds is 9. The Labute approximate surface area is 159 Å². The molecule has 0 bridgehead atoms. The monoisotopic (exact) mass is 350 g/mol. The fourth-order valence-corrected chi connectivity index (χ4v) is 4.13. The standard InChI is InChI=1S/C25H34O/c1-3-5-6-7-17-26-25-15-13-21(14-16-25)23-12-11-22-18-20(8-4-2)9-10-24(22)19-23/h11-16,19-20H,3-10,17-18H2,1-2H3. The van der Waals surface area contributed by atoms with E-state index in [0.29, 0.717) is 0 Å². The normalized spacial score (nSPS) is 16.3. The van der Waals surface area contributed by atoms with E-state index in [1.54, 1.807) is 11.1 Å². The van der Waals surface area contributed by atoms with Crippen LogP contribution >= 0.6 is 0 Å². The quantitative estimate of drug-likeness (QED) is 0.434. The second-order valence-electron chi connectivity index (χ2n) is 7.81. The molecule has 0 saturated heterocycles. The SMILES string of the molecule is CCCCCCOc1ccc(-c2ccc3c(c2)CCC(CCC)C3)cc1. The van der Waals surface area contributed by atoms with Crippen molar-refractivity contribution in [2.24, 2.45) is 5.92 Å². The van der Waals surface area contributed by atoms with Gasteiger partial charge in [-0.25, -0.2) is 0 Å². The molecule has 1 aliphatic carbocycles. The van der Waals surface area contributed by atoms with Gasteiger partial charge in [-0.1, -0.05) is 76.3 Å². The summed E-state index contributed by atoms with van der Waals surface area (Å²) >= 11 is 0. The lowest BCUT2D eigenvalue weighted by Gasteiger charge is -2.24. The van der Waals surface area contributed by atoms with Crippen molar-refractivity contribution in [2.45, 2.75) is 71.6 Å². The molecule has 1 unspecified atom stereocenters. The molecule has 1 atom stereocenters. The van der Waals surface area contributed by atoms with E-state index < -0.39 is 0 Å². The Hall–Kier alpha value is -1.76. The van der Waals surface area contributed by atoms with Crippen LogP contribution in [0.1, 0.15) is 69.9 Å². The Morgan fingerprint density at radius 1 is 0.846 bits per heavy atom. The molecule has 1 nitrogen and oxygen atoms in total. The summed E-state index contributed by atoms with van der Waals surface area (Å²) in [7, 11) is 0. The minimum Gasteiger partial charge on any atom is -0.494 e. The molecule has 0 saturated carbocycles. The van der Waals surface area contributed by atoms with Crippen LogP contribution in [0.2, 0.25) is 0 Å². The van der Waals surface area contributed by atoms with Crippen LogP contribution in [0, 0.1) is 5.92 Å². The third-order valence-corrected chi connectivity index (χ3v) is 5.69. The Morgan fingerprint density at radius 3 is 2.42 bits per heavy atom. The number of unbranched alkanes of at least 4 members (excludes halogenated alkanes) is 3. The fourth-order valence-electron chi connectivity index (χ4n) is 4.13. The van der Waals surface area contributed by atoms with E-state index in [4.69, 9.17) is 4.74 Å². The van der Waals surface area contributed by atoms with Gasteiger partial charge in [-0.2, -0.15) is 0 Å². The first kappa shape index (κ1) is 19.0. The summed E-state index contributed by atoms with van der Waals surface area (Å²) in [6, 6.07) is 15.7. The van der Waals surface area contributed by atoms with Crippen LogP contribution < -0.4 is 4.74 Å². The second kappa shape index (κ2) is 9.80. The predicted molar refractivity (Wildman–Crippen MR) is 112 cm³/mol. The largest absolute Gasteiger partial charge is 0.494 e. The molecular formula is C25H34O. The molecule has 26 heavy (non-hydrogen) atoms. The molecule has 1 aliphatic rings. The van der Waals surface area contributed by atoms with Crippen molar-refractivity contribution in [3.8, 4) is 16.9 Å². The zero-order valence-corrected chi connectivity index (χ0v) is 16.6. The summed E-state index contributed by atoms with van der Waals surface area (Å²) in [5.41, 5.74) is 5.77. The first-order valence-electron chi connectivity index (χ1n) is 10.6. The smallest absolute Gasteiger partial charge is 0.119 e. The second-order valence-corrected chi connectivity index (χ2v) is 7.81. The van der Waals surface area contributed by atoms with E-state index in [0.717, 1.165) is 24.7 Å². The van der Waals surface area contributed by atoms with Crippen molar-refractivity contribution in [1.29, 1.82) is 0 Å². The molecule has 140 valence electrons. The van der Waals surface area contributed by atoms with Crippen LogP contribution in [-0.4, -0.2) is 6.61 Å². The molecule has 1 heteroatoms. The third-order valence-electron chi connectivity index (χ3n) is 5.69. The maximum atomic E-state index is 5.87. The van der Waals surface area contributed by atoms with E-state index in [1.807, 2.05) is 0 Å². The van der Waals surface area contributed by atoms with Gasteiger partial charge >= 0.3 is 0 Å². The molecule has 0 spiro atoms. The van der Waals surface area contributed by atoms with Crippen LogP contribution in [-0.2, 0) is 12.8 Å². The van der Waals surface area contributed by atoms with Gasteiger partial charge in [0.1, 0.15) is 5.75 Å². The van der Waals surface area contributed by atoms with Crippen molar-refractivity contribution < 1.29 is 4.74 Å². The zero-order valence-electron chi connectivity index (χ0n) is 16.6. The summed E-state index contributed by atoms with van der Waals surface area (Å²) in [6.45, 7) is 5.37. The molecule has 0 amide bonds. The third kappa shape index (κ3) is 5.13. The number of benzene rings is 2. The zero-order chi connectivity index (χ0) is 18.2. The lowest BCUT2D eigenvalue weighted by atomic mass is 9.81. The molecule has 2 aromatic carbocycles. The molecule has 0 radical (unpaired) electrons. The van der Waals surface area contributed by atoms with Gasteiger partial charge in [-0.3, -0.25) is 0 Å². The van der Waals surface area contributed by atoms with Crippen molar-refractivity contribution in [3.05, 3.63) is 53.6 Å². The minimum atomic E-state index is 0.830. The van der Waals surface area contributed by atoms with E-state index in [9.17, 15) is 0 Å². The van der Waals surface area contributed by atoms with Gasteiger partial charge in [0.2, 0.25) is 0 Å². The lowest BCUT2D eigenvalue weighted by molar-refractivity contribution is 0.305. The topological polar surface area (TPSA) is 9.23 Å². The van der Waals surface area contributed by atoms with Gasteiger partial charge < -0.3 is 4.74 Å². The molecule has 0 aliphatic heterocycles. The van der Waals surface area contributed by atoms with Crippen LogP contribution in [0.4, 0.5) is 0 Å². The number of aryl methyl sites for hydroxylation is 1. The van der Waals surface area contributed by atoms with Gasteiger partial charge in [0, 0.05) is 0 Å². The summed E-state index contributed by atoms with van der Waals surface area (Å²) in [4.78, 5) is 0. The Morgan fingerprint density at radius 2 is 1.65 bits per heavy atom. The van der Waals surface area contributed by atoms with E-state index >= 15 is 0 Å². The van der Waals surface area contributed by atoms with E-state index in [1.165, 1.54) is 62.5 Å². The molecular weight excluding hydrogens is 316 g/mol. The molecule has 0 aromatic heterocycles. The average molecular weight is 351 g/mol. The number of hydrogen-bond donors (Lipinski definition) is 0. The van der Waals surface area contributed by atoms with Gasteiger partial charge in [0.15, 0.2) is 0 Å². The van der Waals surface area contributed by atoms with Crippen molar-refractivity contribution in [1.82, 2.24) is 0 Å². The number of ether oxygens (including phenoxy) is 1. The molecule has 0 fully saturated rings. The summed E-state index contributed by atoms with van der Waals surface area (Å²) in [5.74, 6) is 1.89. The maximum absolute atomic E-state index is 5.87. The van der Waals surface area contributed by atoms with Gasteiger partial charge in [0.25, 0.3) is 0 Å². The summed E-state index contributed by atoms with van der Waals surface area (Å²) in [5, 5.41) is 0. The first-order chi connectivity index (χ1) is 12.8. The molecule has 2 aromatic rings. The number of fused-ring (bicyclic) bond motifs is 1. The highest BCUT2D eigenvalue weighted by molar-refractivity contribution is 5.65. The highest BCUT2D eigenvalue weighted by atomic mass is 16.5. The maximum Gasteiger partial charge on any atom is 0.119 e. The van der Waals surface area contributed by atoms with Gasteiger partial charge in [-0.05, 0) is 66.0 Å². The fraction of sp³-hybridized carbons (Fsp3) is 0.520. The lowest BCUT2D eigenvalue weighted by Crippen LogP contribution is -2.14. The molecule has 0 N–H and O–H groups in total. The van der Waals surface area contributed by atoms with Crippen LogP contribution in [0.5, 0.6) is 5.75 Å². The molecule has 3 rings (SSSR count). The van der Waals surface area contributed by atoms with Crippen LogP contribution in [0.3, 0.4) is 0 Å². The van der Waals surface area contributed by atoms with Crippen LogP contribution in [0.15, 0.2) is 42.5 Å². The predicted octanol–water partition coefficient (Wildman–Crippen LogP) is 7.22. The Kier molecular flexibility index (Phi) is 7.17. The Balaban J connectivity index is 1.59.